The Morgan fingerprint density at radius 2 is 2.04 bits per heavy atom. The first-order chi connectivity index (χ1) is 12.0. The second-order valence-electron chi connectivity index (χ2n) is 5.15. The molecule has 1 saturated heterocycles. The number of benzene rings is 1. The van der Waals surface area contributed by atoms with Crippen LogP contribution in [0.25, 0.3) is 6.08 Å². The average molecular weight is 386 g/mol. The number of ether oxygens (including phenoxy) is 3. The molecule has 2 rings (SSSR count). The van der Waals surface area contributed by atoms with Gasteiger partial charge in [0.15, 0.2) is 11.5 Å². The second-order valence-corrected chi connectivity index (χ2v) is 6.55. The van der Waals surface area contributed by atoms with Crippen LogP contribution in [0, 0.1) is 0 Å². The van der Waals surface area contributed by atoms with Gasteiger partial charge in [-0.15, -0.1) is 0 Å². The smallest absolute Gasteiger partial charge is 0.293 e. The van der Waals surface area contributed by atoms with Gasteiger partial charge in [0.2, 0.25) is 0 Å². The van der Waals surface area contributed by atoms with E-state index in [0.717, 1.165) is 11.8 Å². The molecule has 0 unspecified atom stereocenters. The van der Waals surface area contributed by atoms with Gasteiger partial charge in [0.05, 0.1) is 23.6 Å². The summed E-state index contributed by atoms with van der Waals surface area (Å²) in [4.78, 5) is 26.0. The molecule has 1 fully saturated rings. The van der Waals surface area contributed by atoms with Crippen molar-refractivity contribution in [3.63, 3.8) is 0 Å². The number of hydrogen-bond donors (Lipinski definition) is 0. The molecule has 0 bridgehead atoms. The average Bonchev–Trinajstić information content (AvgIpc) is 2.82. The fraction of sp³-hybridized carbons (Fsp3) is 0.412. The Labute approximate surface area is 156 Å². The number of nitrogens with zero attached hydrogens (tertiary/aromatic N) is 1. The zero-order valence-corrected chi connectivity index (χ0v) is 15.9. The summed E-state index contributed by atoms with van der Waals surface area (Å²) in [7, 11) is 3.09. The highest BCUT2D eigenvalue weighted by Crippen LogP contribution is 2.38. The highest BCUT2D eigenvalue weighted by atomic mass is 35.5. The molecule has 0 spiro atoms. The maximum Gasteiger partial charge on any atom is 0.293 e. The SMILES string of the molecule is CCOc1cc(/C=C2/SC(=O)N(CCCOC)C2=O)cc(Cl)c1OC. The van der Waals surface area contributed by atoms with Gasteiger partial charge in [-0.05, 0) is 48.9 Å². The Morgan fingerprint density at radius 3 is 2.68 bits per heavy atom. The number of halogens is 1. The second kappa shape index (κ2) is 9.12. The van der Waals surface area contributed by atoms with Crippen molar-refractivity contribution in [1.29, 1.82) is 0 Å². The summed E-state index contributed by atoms with van der Waals surface area (Å²) in [6.45, 7) is 3.13. The quantitative estimate of drug-likeness (QED) is 0.500. The van der Waals surface area contributed by atoms with E-state index in [1.807, 2.05) is 6.92 Å². The largest absolute Gasteiger partial charge is 0.491 e. The molecule has 136 valence electrons. The van der Waals surface area contributed by atoms with Crippen LogP contribution >= 0.6 is 23.4 Å². The van der Waals surface area contributed by atoms with Gasteiger partial charge in [-0.2, -0.15) is 0 Å². The van der Waals surface area contributed by atoms with E-state index in [4.69, 9.17) is 25.8 Å². The summed E-state index contributed by atoms with van der Waals surface area (Å²) in [6.07, 6.45) is 2.24. The highest BCUT2D eigenvalue weighted by molar-refractivity contribution is 8.18. The lowest BCUT2D eigenvalue weighted by atomic mass is 10.1. The van der Waals surface area contributed by atoms with Crippen LogP contribution in [0.3, 0.4) is 0 Å². The van der Waals surface area contributed by atoms with Crippen LogP contribution in [-0.2, 0) is 9.53 Å². The predicted octanol–water partition coefficient (Wildman–Crippen LogP) is 3.82. The fourth-order valence-corrected chi connectivity index (χ4v) is 3.50. The molecule has 1 aliphatic rings. The van der Waals surface area contributed by atoms with Crippen molar-refractivity contribution in [2.45, 2.75) is 13.3 Å². The molecule has 0 aromatic heterocycles. The minimum atomic E-state index is -0.309. The third-order valence-corrected chi connectivity index (χ3v) is 4.63. The van der Waals surface area contributed by atoms with Gasteiger partial charge >= 0.3 is 0 Å². The number of amides is 2. The maximum absolute atomic E-state index is 12.4. The molecular weight excluding hydrogens is 366 g/mol. The molecule has 0 atom stereocenters. The molecule has 0 saturated carbocycles. The third kappa shape index (κ3) is 4.68. The molecule has 0 radical (unpaired) electrons. The van der Waals surface area contributed by atoms with Gasteiger partial charge in [0.25, 0.3) is 11.1 Å². The zero-order chi connectivity index (χ0) is 18.4. The van der Waals surface area contributed by atoms with Crippen LogP contribution in [0.15, 0.2) is 17.0 Å². The number of thioether (sulfide) groups is 1. The van der Waals surface area contributed by atoms with E-state index >= 15 is 0 Å². The molecule has 25 heavy (non-hydrogen) atoms. The van der Waals surface area contributed by atoms with E-state index in [2.05, 4.69) is 0 Å². The van der Waals surface area contributed by atoms with Crippen LogP contribution in [0.4, 0.5) is 4.79 Å². The monoisotopic (exact) mass is 385 g/mol. The van der Waals surface area contributed by atoms with Crippen molar-refractivity contribution in [2.75, 3.05) is 34.0 Å². The van der Waals surface area contributed by atoms with E-state index in [0.29, 0.717) is 53.2 Å². The van der Waals surface area contributed by atoms with E-state index in [1.54, 1.807) is 25.3 Å². The van der Waals surface area contributed by atoms with Gasteiger partial charge < -0.3 is 14.2 Å². The molecule has 8 heteroatoms. The standard InChI is InChI=1S/C17H20ClNO5S/c1-4-24-13-9-11(8-12(18)15(13)23-3)10-14-16(20)19(17(21)25-14)6-5-7-22-2/h8-10H,4-7H2,1-3H3/b14-10+. The summed E-state index contributed by atoms with van der Waals surface area (Å²) in [5.41, 5.74) is 0.664. The Hall–Kier alpha value is -1.70. The molecule has 1 aromatic rings. The Bertz CT molecular complexity index is 692. The van der Waals surface area contributed by atoms with Crippen molar-refractivity contribution in [2.24, 2.45) is 0 Å². The van der Waals surface area contributed by atoms with Crippen LogP contribution < -0.4 is 9.47 Å². The number of hydrogen-bond acceptors (Lipinski definition) is 6. The molecule has 0 N–H and O–H groups in total. The van der Waals surface area contributed by atoms with Crippen LogP contribution in [-0.4, -0.2) is 50.0 Å². The maximum atomic E-state index is 12.4. The minimum Gasteiger partial charge on any atom is -0.491 e. The molecule has 6 nitrogen and oxygen atoms in total. The minimum absolute atomic E-state index is 0.281. The number of carbonyl (C=O) groups is 2. The summed E-state index contributed by atoms with van der Waals surface area (Å²) in [5, 5.41) is 0.0935. The molecule has 1 aliphatic heterocycles. The Morgan fingerprint density at radius 1 is 1.28 bits per heavy atom. The number of methoxy groups -OCH3 is 2. The zero-order valence-electron chi connectivity index (χ0n) is 14.3. The highest BCUT2D eigenvalue weighted by Gasteiger charge is 2.34. The first-order valence-electron chi connectivity index (χ1n) is 7.76. The van der Waals surface area contributed by atoms with Gasteiger partial charge in [0, 0.05) is 20.3 Å². The summed E-state index contributed by atoms with van der Waals surface area (Å²) >= 11 is 7.13. The lowest BCUT2D eigenvalue weighted by molar-refractivity contribution is -0.122. The van der Waals surface area contributed by atoms with E-state index in [9.17, 15) is 9.59 Å². The van der Waals surface area contributed by atoms with E-state index in [1.165, 1.54) is 12.0 Å². The normalized spacial score (nSPS) is 16.0. The predicted molar refractivity (Wildman–Crippen MR) is 98.3 cm³/mol. The molecule has 1 aromatic carbocycles. The number of imide groups is 1. The Kier molecular flexibility index (Phi) is 7.16. The third-order valence-electron chi connectivity index (χ3n) is 3.44. The molecular formula is C17H20ClNO5S. The lowest BCUT2D eigenvalue weighted by Crippen LogP contribution is -2.29. The van der Waals surface area contributed by atoms with Crippen LogP contribution in [0.2, 0.25) is 5.02 Å². The Balaban J connectivity index is 2.25. The number of carbonyl (C=O) groups excluding carboxylic acids is 2. The van der Waals surface area contributed by atoms with Crippen LogP contribution in [0.5, 0.6) is 11.5 Å². The molecule has 1 heterocycles. The summed E-state index contributed by atoms with van der Waals surface area (Å²) in [5.74, 6) is 0.618. The first-order valence-corrected chi connectivity index (χ1v) is 8.95. The van der Waals surface area contributed by atoms with Gasteiger partial charge in [-0.1, -0.05) is 11.6 Å². The lowest BCUT2D eigenvalue weighted by Gasteiger charge is -2.12. The summed E-state index contributed by atoms with van der Waals surface area (Å²) in [6, 6.07) is 3.40. The number of rotatable bonds is 8. The molecule has 0 aliphatic carbocycles. The first kappa shape index (κ1) is 19.6. The van der Waals surface area contributed by atoms with Gasteiger partial charge in [-0.3, -0.25) is 14.5 Å². The van der Waals surface area contributed by atoms with Crippen molar-refractivity contribution in [3.8, 4) is 11.5 Å². The molecule has 2 amide bonds. The van der Waals surface area contributed by atoms with Crippen molar-refractivity contribution in [1.82, 2.24) is 4.90 Å². The van der Waals surface area contributed by atoms with Crippen molar-refractivity contribution < 1.29 is 23.8 Å². The van der Waals surface area contributed by atoms with Gasteiger partial charge in [0.1, 0.15) is 0 Å². The fourth-order valence-electron chi connectivity index (χ4n) is 2.34. The topological polar surface area (TPSA) is 65.1 Å². The van der Waals surface area contributed by atoms with Crippen molar-refractivity contribution in [3.05, 3.63) is 27.6 Å². The van der Waals surface area contributed by atoms with Crippen LogP contribution in [0.1, 0.15) is 18.9 Å². The van der Waals surface area contributed by atoms with Crippen molar-refractivity contribution >= 4 is 40.6 Å². The van der Waals surface area contributed by atoms with E-state index in [-0.39, 0.29) is 11.1 Å². The van der Waals surface area contributed by atoms with Gasteiger partial charge in [-0.25, -0.2) is 0 Å². The van der Waals surface area contributed by atoms with E-state index < -0.39 is 0 Å². The summed E-state index contributed by atoms with van der Waals surface area (Å²) < 4.78 is 15.7.